The van der Waals surface area contributed by atoms with Crippen LogP contribution in [0, 0.1) is 13.8 Å². The summed E-state index contributed by atoms with van der Waals surface area (Å²) >= 11 is 0. The molecule has 0 saturated heterocycles. The quantitative estimate of drug-likeness (QED) is 0.741. The highest BCUT2D eigenvalue weighted by Crippen LogP contribution is 2.15. The van der Waals surface area contributed by atoms with Crippen molar-refractivity contribution in [3.05, 3.63) is 34.9 Å². The third-order valence-electron chi connectivity index (χ3n) is 2.39. The molecule has 1 aromatic rings. The van der Waals surface area contributed by atoms with Gasteiger partial charge in [0.05, 0.1) is 0 Å². The maximum atomic E-state index is 10.5. The molecule has 1 atom stereocenters. The first kappa shape index (κ1) is 10.9. The van der Waals surface area contributed by atoms with E-state index in [9.17, 15) is 9.90 Å². The van der Waals surface area contributed by atoms with E-state index in [-0.39, 0.29) is 0 Å². The van der Waals surface area contributed by atoms with Gasteiger partial charge in [0.25, 0.3) is 0 Å². The maximum Gasteiger partial charge on any atom is 0.151 e. The van der Waals surface area contributed by atoms with Crippen molar-refractivity contribution in [2.75, 3.05) is 0 Å². The largest absolute Gasteiger partial charge is 0.382 e. The first-order chi connectivity index (χ1) is 6.44. The molecule has 0 spiro atoms. The van der Waals surface area contributed by atoms with Gasteiger partial charge >= 0.3 is 0 Å². The average Bonchev–Trinajstić information content (AvgIpc) is 2.11. The third-order valence-corrected chi connectivity index (χ3v) is 2.39. The number of aryl methyl sites for hydroxylation is 2. The summed E-state index contributed by atoms with van der Waals surface area (Å²) in [4.78, 5) is 10.5. The number of aldehydes is 1. The summed E-state index contributed by atoms with van der Waals surface area (Å²) in [5.41, 5.74) is 2.15. The fraction of sp³-hybridized carbons (Fsp3) is 0.417. The summed E-state index contributed by atoms with van der Waals surface area (Å²) in [7, 11) is 0. The van der Waals surface area contributed by atoms with Crippen LogP contribution in [0.25, 0.3) is 0 Å². The molecule has 0 bridgehead atoms. The molecular weight excluding hydrogens is 176 g/mol. The van der Waals surface area contributed by atoms with Crippen LogP contribution in [0.1, 0.15) is 23.6 Å². The molecule has 0 aliphatic carbocycles. The van der Waals surface area contributed by atoms with Gasteiger partial charge in [0, 0.05) is 6.42 Å². The molecule has 0 fully saturated rings. The lowest BCUT2D eigenvalue weighted by atomic mass is 9.96. The topological polar surface area (TPSA) is 37.3 Å². The number of hydrogen-bond acceptors (Lipinski definition) is 2. The molecule has 2 nitrogen and oxygen atoms in total. The zero-order valence-electron chi connectivity index (χ0n) is 8.87. The fourth-order valence-electron chi connectivity index (χ4n) is 1.37. The monoisotopic (exact) mass is 192 g/mol. The van der Waals surface area contributed by atoms with Crippen LogP contribution in [-0.2, 0) is 11.2 Å². The number of benzene rings is 1. The molecule has 0 amide bonds. The lowest BCUT2D eigenvalue weighted by molar-refractivity contribution is -0.122. The van der Waals surface area contributed by atoms with Gasteiger partial charge in [-0.2, -0.15) is 0 Å². The highest BCUT2D eigenvalue weighted by molar-refractivity contribution is 5.62. The van der Waals surface area contributed by atoms with Gasteiger partial charge in [-0.3, -0.25) is 0 Å². The Hall–Kier alpha value is -1.15. The second kappa shape index (κ2) is 3.93. The minimum Gasteiger partial charge on any atom is -0.382 e. The molecule has 0 radical (unpaired) electrons. The van der Waals surface area contributed by atoms with Crippen molar-refractivity contribution in [1.82, 2.24) is 0 Å². The van der Waals surface area contributed by atoms with Crippen molar-refractivity contribution in [3.8, 4) is 0 Å². The van der Waals surface area contributed by atoms with Crippen molar-refractivity contribution in [3.63, 3.8) is 0 Å². The Balaban J connectivity index is 2.88. The molecule has 2 heteroatoms. The van der Waals surface area contributed by atoms with E-state index in [0.29, 0.717) is 12.7 Å². The number of aliphatic hydroxyl groups is 1. The van der Waals surface area contributed by atoms with Crippen LogP contribution in [0.2, 0.25) is 0 Å². The van der Waals surface area contributed by atoms with Gasteiger partial charge in [-0.15, -0.1) is 0 Å². The first-order valence-corrected chi connectivity index (χ1v) is 4.69. The van der Waals surface area contributed by atoms with Crippen molar-refractivity contribution >= 4 is 6.29 Å². The van der Waals surface area contributed by atoms with Gasteiger partial charge < -0.3 is 9.90 Å². The second-order valence-electron chi connectivity index (χ2n) is 4.07. The lowest BCUT2D eigenvalue weighted by Gasteiger charge is -2.16. The zero-order chi connectivity index (χ0) is 10.8. The molecule has 1 N–H and O–H groups in total. The summed E-state index contributed by atoms with van der Waals surface area (Å²) < 4.78 is 0. The van der Waals surface area contributed by atoms with Gasteiger partial charge in [0.15, 0.2) is 6.29 Å². The minimum atomic E-state index is -1.25. The molecule has 76 valence electrons. The highest BCUT2D eigenvalue weighted by Gasteiger charge is 2.19. The molecule has 14 heavy (non-hydrogen) atoms. The number of hydrogen-bond donors (Lipinski definition) is 1. The maximum absolute atomic E-state index is 10.5. The Kier molecular flexibility index (Phi) is 3.06. The van der Waals surface area contributed by atoms with Crippen molar-refractivity contribution < 1.29 is 9.90 Å². The average molecular weight is 192 g/mol. The predicted molar refractivity (Wildman–Crippen MR) is 56.3 cm³/mol. The smallest absolute Gasteiger partial charge is 0.151 e. The first-order valence-electron chi connectivity index (χ1n) is 4.69. The van der Waals surface area contributed by atoms with Crippen LogP contribution in [0.4, 0.5) is 0 Å². The Labute approximate surface area is 84.6 Å². The van der Waals surface area contributed by atoms with Crippen LogP contribution in [-0.4, -0.2) is 17.0 Å². The van der Waals surface area contributed by atoms with Crippen molar-refractivity contribution in [2.24, 2.45) is 0 Å². The standard InChI is InChI=1S/C12H16O2/c1-9-4-5-11(6-10(9)2)7-12(3,14)8-13/h4-6,8,14H,7H2,1-3H3. The van der Waals surface area contributed by atoms with Gasteiger partial charge in [-0.25, -0.2) is 0 Å². The van der Waals surface area contributed by atoms with E-state index < -0.39 is 5.60 Å². The van der Waals surface area contributed by atoms with E-state index in [2.05, 4.69) is 0 Å². The third kappa shape index (κ3) is 2.67. The summed E-state index contributed by atoms with van der Waals surface area (Å²) in [6.45, 7) is 5.58. The summed E-state index contributed by atoms with van der Waals surface area (Å²) in [5.74, 6) is 0. The van der Waals surface area contributed by atoms with Gasteiger partial charge in [-0.1, -0.05) is 18.2 Å². The van der Waals surface area contributed by atoms with Crippen LogP contribution in [0.3, 0.4) is 0 Å². The van der Waals surface area contributed by atoms with Gasteiger partial charge in [0.1, 0.15) is 5.60 Å². The second-order valence-corrected chi connectivity index (χ2v) is 4.07. The number of rotatable bonds is 3. The molecule has 1 rings (SSSR count). The van der Waals surface area contributed by atoms with Gasteiger partial charge in [0.2, 0.25) is 0 Å². The summed E-state index contributed by atoms with van der Waals surface area (Å²) in [6.07, 6.45) is 0.958. The molecule has 0 aliphatic heterocycles. The van der Waals surface area contributed by atoms with Crippen LogP contribution in [0.15, 0.2) is 18.2 Å². The Bertz CT molecular complexity index is 340. The van der Waals surface area contributed by atoms with E-state index in [4.69, 9.17) is 0 Å². The van der Waals surface area contributed by atoms with E-state index >= 15 is 0 Å². The van der Waals surface area contributed by atoms with Gasteiger partial charge in [-0.05, 0) is 37.5 Å². The lowest BCUT2D eigenvalue weighted by Crippen LogP contribution is -2.28. The van der Waals surface area contributed by atoms with E-state index in [1.807, 2.05) is 32.0 Å². The van der Waals surface area contributed by atoms with Crippen LogP contribution >= 0.6 is 0 Å². The number of carbonyl (C=O) groups excluding carboxylic acids is 1. The minimum absolute atomic E-state index is 0.373. The van der Waals surface area contributed by atoms with Crippen molar-refractivity contribution in [1.29, 1.82) is 0 Å². The summed E-state index contributed by atoms with van der Waals surface area (Å²) in [5, 5.41) is 9.57. The zero-order valence-corrected chi connectivity index (χ0v) is 8.87. The molecule has 1 aromatic carbocycles. The summed E-state index contributed by atoms with van der Waals surface area (Å²) in [6, 6.07) is 5.96. The molecular formula is C12H16O2. The Morgan fingerprint density at radius 1 is 1.36 bits per heavy atom. The van der Waals surface area contributed by atoms with E-state index in [0.717, 1.165) is 5.56 Å². The molecule has 0 heterocycles. The fourth-order valence-corrected chi connectivity index (χ4v) is 1.37. The van der Waals surface area contributed by atoms with E-state index in [1.165, 1.54) is 18.1 Å². The van der Waals surface area contributed by atoms with Crippen molar-refractivity contribution in [2.45, 2.75) is 32.8 Å². The SMILES string of the molecule is Cc1ccc(CC(C)(O)C=O)cc1C. The number of carbonyl (C=O) groups is 1. The van der Waals surface area contributed by atoms with E-state index in [1.54, 1.807) is 0 Å². The highest BCUT2D eigenvalue weighted by atomic mass is 16.3. The van der Waals surface area contributed by atoms with Crippen LogP contribution in [0.5, 0.6) is 0 Å². The molecule has 1 unspecified atom stereocenters. The Morgan fingerprint density at radius 3 is 2.50 bits per heavy atom. The normalized spacial score (nSPS) is 14.9. The molecule has 0 aromatic heterocycles. The van der Waals surface area contributed by atoms with Crippen LogP contribution < -0.4 is 0 Å². The predicted octanol–water partition coefficient (Wildman–Crippen LogP) is 1.80. The Morgan fingerprint density at radius 2 is 2.00 bits per heavy atom. The molecule has 0 saturated carbocycles. The molecule has 0 aliphatic rings.